The van der Waals surface area contributed by atoms with Gasteiger partial charge in [0, 0.05) is 127 Å². The number of hydrogen-bond acceptors (Lipinski definition) is 24. The van der Waals surface area contributed by atoms with Crippen LogP contribution in [0.4, 0.5) is 0 Å². The number of carbonyl (C=O) groups is 5. The van der Waals surface area contributed by atoms with Gasteiger partial charge in [-0.2, -0.15) is 0 Å². The van der Waals surface area contributed by atoms with E-state index in [-0.39, 0.29) is 68.1 Å². The van der Waals surface area contributed by atoms with Gasteiger partial charge in [0.25, 0.3) is 0 Å². The Morgan fingerprint density at radius 3 is 1.02 bits per heavy atom. The summed E-state index contributed by atoms with van der Waals surface area (Å²) in [5.74, 6) is 7.26. The highest BCUT2D eigenvalue weighted by Crippen LogP contribution is 2.45. The minimum absolute atomic E-state index is 0.0897. The Balaban J connectivity index is 0.000000157. The summed E-state index contributed by atoms with van der Waals surface area (Å²) in [4.78, 5) is 94.7. The minimum atomic E-state index is 0.0897. The van der Waals surface area contributed by atoms with Crippen LogP contribution in [-0.2, 0) is 57.4 Å². The number of fused-ring (bicyclic) bond motifs is 3. The summed E-state index contributed by atoms with van der Waals surface area (Å²) in [6.07, 6.45) is 13.4. The third-order valence-electron chi connectivity index (χ3n) is 22.8. The number of aromatic nitrogens is 6. The van der Waals surface area contributed by atoms with E-state index < -0.39 is 0 Å². The predicted molar refractivity (Wildman–Crippen MR) is 460 cm³/mol. The summed E-state index contributed by atoms with van der Waals surface area (Å²) in [6, 6.07) is 26.6. The molecular weight excluding hydrogens is 1610 g/mol. The molecule has 0 saturated carbocycles. The van der Waals surface area contributed by atoms with E-state index in [9.17, 15) is 24.0 Å². The van der Waals surface area contributed by atoms with E-state index in [4.69, 9.17) is 91.6 Å². The summed E-state index contributed by atoms with van der Waals surface area (Å²) in [5.41, 5.74) is 5.18. The Bertz CT molecular complexity index is 4940. The Morgan fingerprint density at radius 2 is 0.727 bits per heavy atom. The van der Waals surface area contributed by atoms with Gasteiger partial charge in [-0.15, -0.1) is 0 Å². The number of piperidine rings is 2. The van der Waals surface area contributed by atoms with Gasteiger partial charge in [0.1, 0.15) is 53.6 Å². The molecule has 0 N–H and O–H groups in total. The number of ether oxygens (including phenoxy) is 12. The molecule has 15 rings (SSSR count). The van der Waals surface area contributed by atoms with Crippen molar-refractivity contribution in [2.75, 3.05) is 127 Å². The number of benzene rings is 6. The number of methoxy groups -OCH3 is 3. The smallest absolute Gasteiger partial charge is 0.230 e. The topological polar surface area (TPSA) is 283 Å². The molecule has 121 heavy (non-hydrogen) atoms. The van der Waals surface area contributed by atoms with E-state index in [0.717, 1.165) is 134 Å². The molecule has 2 amide bonds. The van der Waals surface area contributed by atoms with Crippen molar-refractivity contribution in [1.82, 2.24) is 44.6 Å². The number of hydrogen-bond donors (Lipinski definition) is 0. The maximum Gasteiger partial charge on any atom is 0.230 e. The number of likely N-dealkylation sites (tertiary alicyclic amines) is 3. The molecule has 9 aromatic rings. The van der Waals surface area contributed by atoms with Crippen molar-refractivity contribution in [3.63, 3.8) is 0 Å². The number of ketones is 3. The average molecular weight is 1720 g/mol. The molecule has 0 aliphatic carbocycles. The Kier molecular flexibility index (Phi) is 30.1. The zero-order valence-corrected chi connectivity index (χ0v) is 72.7. The van der Waals surface area contributed by atoms with Crippen molar-refractivity contribution >= 4 is 96.7 Å². The van der Waals surface area contributed by atoms with Crippen molar-refractivity contribution in [1.29, 1.82) is 0 Å². The molecule has 6 saturated heterocycles. The van der Waals surface area contributed by atoms with Crippen LogP contribution >= 0.6 is 34.8 Å². The van der Waals surface area contributed by atoms with Crippen LogP contribution in [0.3, 0.4) is 0 Å². The van der Waals surface area contributed by atoms with Crippen molar-refractivity contribution < 1.29 is 80.8 Å². The Labute approximate surface area is 721 Å². The number of halogens is 3. The lowest BCUT2D eigenvalue weighted by molar-refractivity contribution is -0.153. The summed E-state index contributed by atoms with van der Waals surface area (Å²) in [7, 11) is 4.72. The first kappa shape index (κ1) is 89.0. The number of amides is 2. The van der Waals surface area contributed by atoms with Gasteiger partial charge in [-0.05, 0) is 134 Å². The highest BCUT2D eigenvalue weighted by Gasteiger charge is 2.45. The Morgan fingerprint density at radius 1 is 0.405 bits per heavy atom. The van der Waals surface area contributed by atoms with E-state index in [1.54, 1.807) is 94.1 Å². The second-order valence-electron chi connectivity index (χ2n) is 33.8. The minimum Gasteiger partial charge on any atom is -0.493 e. The summed E-state index contributed by atoms with van der Waals surface area (Å²) in [5, 5.41) is 3.36. The first-order chi connectivity index (χ1) is 58.3. The van der Waals surface area contributed by atoms with Gasteiger partial charge >= 0.3 is 0 Å². The second kappa shape index (κ2) is 40.9. The van der Waals surface area contributed by atoms with Crippen LogP contribution in [-0.4, -0.2) is 200 Å². The van der Waals surface area contributed by atoms with E-state index in [1.807, 2.05) is 69.5 Å². The maximum atomic E-state index is 12.8. The molecule has 6 fully saturated rings. The lowest BCUT2D eigenvalue weighted by atomic mass is 9.77. The third-order valence-corrected chi connectivity index (χ3v) is 23.8. The lowest BCUT2D eigenvalue weighted by Gasteiger charge is -2.47. The first-order valence-electron chi connectivity index (χ1n) is 41.7. The normalized spacial score (nSPS) is 16.2. The van der Waals surface area contributed by atoms with Crippen molar-refractivity contribution in [2.45, 2.75) is 131 Å². The second-order valence-corrected chi connectivity index (χ2v) is 35.0. The third kappa shape index (κ3) is 23.3. The standard InChI is InChI=1S/2C31H36ClN3O6.C30H36ClN3O5/c2*1-20(2)12-22(36)13-21-4-5-23(14-25(21)32)41-30-24-15-27(38-3)28(16-26(24)33-19-34-30)40-11-6-29(37)35-9-7-31(8-10-35)17-39-18-31;1-20(2)11-22(35)12-21-5-6-23(13-25(21)31)39-29-24-14-27(36-3)28(15-26(24)32-19-33-29)38-10-4-8-34-9-7-30(16-34)17-37-18-30/h2*4-5,14-16,19-20H,6-13,17-18H2,1-3H3;5-6,13-15,19-20H,4,7-12,16-18H2,1-3H3. The molecule has 29 heteroatoms. The van der Waals surface area contributed by atoms with Gasteiger partial charge in [0.15, 0.2) is 34.5 Å². The quantitative estimate of drug-likeness (QED) is 0.0339. The largest absolute Gasteiger partial charge is 0.493 e. The zero-order chi connectivity index (χ0) is 85.4. The first-order valence-corrected chi connectivity index (χ1v) is 42.8. The molecule has 0 atom stereocenters. The fraction of sp³-hybridized carbons (Fsp3) is 0.489. The predicted octanol–water partition coefficient (Wildman–Crippen LogP) is 17.0. The van der Waals surface area contributed by atoms with Crippen LogP contribution in [0, 0.1) is 34.0 Å². The fourth-order valence-corrected chi connectivity index (χ4v) is 16.6. The molecule has 644 valence electrons. The molecule has 0 radical (unpaired) electrons. The molecule has 6 aliphatic rings. The van der Waals surface area contributed by atoms with Crippen molar-refractivity contribution in [2.24, 2.45) is 34.0 Å². The zero-order valence-electron chi connectivity index (χ0n) is 70.4. The maximum absolute atomic E-state index is 12.8. The lowest BCUT2D eigenvalue weighted by Crippen LogP contribution is -2.52. The van der Waals surface area contributed by atoms with Gasteiger partial charge in [-0.1, -0.05) is 94.5 Å². The molecule has 6 aliphatic heterocycles. The molecule has 3 spiro atoms. The SMILES string of the molecule is COc1cc2c(Oc3ccc(CC(=O)CC(C)C)c(Cl)c3)ncnc2cc1OCCC(=O)N1CCC2(CC1)COC2.COc1cc2c(Oc3ccc(CC(=O)CC(C)C)c(Cl)c3)ncnc2cc1OCCC(=O)N1CCC2(CC1)COC2.COc1cc2c(Oc3ccc(CC(=O)CC(C)C)c(Cl)c3)ncnc2cc1OCCCN1CCC2(COC2)C1. The number of nitrogens with zero attached hydrogens (tertiary/aromatic N) is 9. The van der Waals surface area contributed by atoms with Crippen LogP contribution in [0.15, 0.2) is 110 Å². The van der Waals surface area contributed by atoms with Crippen LogP contribution in [0.5, 0.6) is 69.4 Å². The van der Waals surface area contributed by atoms with Crippen LogP contribution in [0.2, 0.25) is 15.1 Å². The molecule has 26 nitrogen and oxygen atoms in total. The van der Waals surface area contributed by atoms with Gasteiger partial charge in [-0.3, -0.25) is 24.0 Å². The van der Waals surface area contributed by atoms with E-state index in [2.05, 4.69) is 34.8 Å². The van der Waals surface area contributed by atoms with Crippen LogP contribution in [0.1, 0.15) is 129 Å². The molecule has 9 heterocycles. The van der Waals surface area contributed by atoms with E-state index in [1.165, 1.54) is 25.4 Å². The Hall–Kier alpha value is -9.80. The van der Waals surface area contributed by atoms with Gasteiger partial charge < -0.3 is 71.5 Å². The van der Waals surface area contributed by atoms with Crippen LogP contribution < -0.4 is 42.6 Å². The monoisotopic (exact) mass is 1720 g/mol. The molecular formula is C92H108Cl3N9O17. The highest BCUT2D eigenvalue weighted by molar-refractivity contribution is 6.32. The summed E-state index contributed by atoms with van der Waals surface area (Å²) < 4.78 is 69.2. The van der Waals surface area contributed by atoms with E-state index >= 15 is 0 Å². The highest BCUT2D eigenvalue weighted by atomic mass is 35.5. The average Bonchev–Trinajstić information content (AvgIpc) is 1.13. The number of carbonyl (C=O) groups excluding carboxylic acids is 5. The van der Waals surface area contributed by atoms with Crippen molar-refractivity contribution in [3.8, 4) is 69.4 Å². The number of Topliss-reactive ketones (excluding diaryl/α,β-unsaturated/α-hetero) is 3. The summed E-state index contributed by atoms with van der Waals surface area (Å²) in [6.45, 7) is 24.6. The molecule has 6 aromatic carbocycles. The molecule has 3 aromatic heterocycles. The van der Waals surface area contributed by atoms with Crippen molar-refractivity contribution in [3.05, 3.63) is 142 Å². The van der Waals surface area contributed by atoms with Gasteiger partial charge in [-0.25, -0.2) is 29.9 Å². The molecule has 0 bridgehead atoms. The number of rotatable bonds is 34. The van der Waals surface area contributed by atoms with Gasteiger partial charge in [0.05, 0.1) is 126 Å². The van der Waals surface area contributed by atoms with Gasteiger partial charge in [0.2, 0.25) is 29.5 Å². The van der Waals surface area contributed by atoms with Crippen LogP contribution in [0.25, 0.3) is 32.7 Å². The molecule has 0 unspecified atom stereocenters. The fourth-order valence-electron chi connectivity index (χ4n) is 15.9. The van der Waals surface area contributed by atoms with E-state index in [0.29, 0.717) is 183 Å². The summed E-state index contributed by atoms with van der Waals surface area (Å²) >= 11 is 19.4.